The fourth-order valence-electron chi connectivity index (χ4n) is 4.60. The summed E-state index contributed by atoms with van der Waals surface area (Å²) in [6.07, 6.45) is -6.51. The van der Waals surface area contributed by atoms with Gasteiger partial charge in [-0.15, -0.1) is 0 Å². The third kappa shape index (κ3) is 7.26. The number of carbonyl (C=O) groups excluding carboxylic acids is 1. The molecule has 1 aromatic heterocycles. The van der Waals surface area contributed by atoms with Crippen LogP contribution in [0.2, 0.25) is 0 Å². The first-order valence-electron chi connectivity index (χ1n) is 12.3. The number of pyridine rings is 1. The predicted molar refractivity (Wildman–Crippen MR) is 133 cm³/mol. The van der Waals surface area contributed by atoms with Gasteiger partial charge in [0.1, 0.15) is 0 Å². The van der Waals surface area contributed by atoms with Crippen LogP contribution < -0.4 is 0 Å². The Balaban J connectivity index is 1.56. The van der Waals surface area contributed by atoms with Crippen LogP contribution in [0.5, 0.6) is 0 Å². The Morgan fingerprint density at radius 2 is 1.62 bits per heavy atom. The molecule has 0 unspecified atom stereocenters. The van der Waals surface area contributed by atoms with Gasteiger partial charge >= 0.3 is 12.4 Å². The van der Waals surface area contributed by atoms with E-state index >= 15 is 0 Å². The van der Waals surface area contributed by atoms with E-state index in [1.54, 1.807) is 35.4 Å². The Hall–Kier alpha value is -3.66. The van der Waals surface area contributed by atoms with Crippen LogP contribution in [0.4, 0.5) is 26.3 Å². The second-order valence-electron chi connectivity index (χ2n) is 9.33. The van der Waals surface area contributed by atoms with Gasteiger partial charge in [-0.1, -0.05) is 36.4 Å². The third-order valence-corrected chi connectivity index (χ3v) is 6.63. The average Bonchev–Trinajstić information content (AvgIpc) is 2.91. The van der Waals surface area contributed by atoms with Gasteiger partial charge in [0.25, 0.3) is 0 Å². The van der Waals surface area contributed by atoms with Crippen molar-refractivity contribution < 1.29 is 35.9 Å². The zero-order chi connectivity index (χ0) is 28.2. The molecule has 10 heteroatoms. The topological polar surface area (TPSA) is 42.4 Å². The Kier molecular flexibility index (Phi) is 8.44. The van der Waals surface area contributed by atoms with Crippen LogP contribution in [0.25, 0.3) is 6.08 Å². The molecule has 1 aliphatic rings. The minimum Gasteiger partial charge on any atom is -0.370 e. The lowest BCUT2D eigenvalue weighted by atomic mass is 9.87. The Labute approximate surface area is 221 Å². The van der Waals surface area contributed by atoms with Gasteiger partial charge in [0.15, 0.2) is 0 Å². The summed E-state index contributed by atoms with van der Waals surface area (Å²) < 4.78 is 86.4. The number of benzene rings is 2. The van der Waals surface area contributed by atoms with Crippen molar-refractivity contribution in [3.63, 3.8) is 0 Å². The number of carbonyl (C=O) groups is 1. The maximum Gasteiger partial charge on any atom is 0.416 e. The quantitative estimate of drug-likeness (QED) is 0.240. The first-order chi connectivity index (χ1) is 18.4. The number of alkyl halides is 6. The molecule has 4 nitrogen and oxygen atoms in total. The maximum absolute atomic E-state index is 13.4. The van der Waals surface area contributed by atoms with Gasteiger partial charge < -0.3 is 9.64 Å². The molecular formula is C29H26F6N2O2. The number of ether oxygens (including phenoxy) is 1. The van der Waals surface area contributed by atoms with Gasteiger partial charge in [-0.2, -0.15) is 26.3 Å². The molecule has 0 spiro atoms. The predicted octanol–water partition coefficient (Wildman–Crippen LogP) is 7.29. The largest absolute Gasteiger partial charge is 0.416 e. The molecule has 2 heterocycles. The molecule has 1 saturated heterocycles. The van der Waals surface area contributed by atoms with Crippen molar-refractivity contribution in [3.8, 4) is 0 Å². The van der Waals surface area contributed by atoms with Crippen LogP contribution in [0, 0.1) is 0 Å². The molecule has 2 aromatic carbocycles. The van der Waals surface area contributed by atoms with Gasteiger partial charge in [0.05, 0.1) is 29.0 Å². The summed E-state index contributed by atoms with van der Waals surface area (Å²) in [6, 6.07) is 16.0. The van der Waals surface area contributed by atoms with Gasteiger partial charge in [-0.3, -0.25) is 9.78 Å². The van der Waals surface area contributed by atoms with Crippen LogP contribution >= 0.6 is 0 Å². The first kappa shape index (κ1) is 28.4. The molecule has 1 amide bonds. The molecule has 39 heavy (non-hydrogen) atoms. The summed E-state index contributed by atoms with van der Waals surface area (Å²) in [6.45, 7) is 2.01. The minimum absolute atomic E-state index is 0.103. The molecule has 0 radical (unpaired) electrons. The van der Waals surface area contributed by atoms with E-state index in [1.807, 2.05) is 30.3 Å². The number of piperidine rings is 1. The van der Waals surface area contributed by atoms with Crippen molar-refractivity contribution in [2.45, 2.75) is 43.8 Å². The molecule has 3 atom stereocenters. The summed E-state index contributed by atoms with van der Waals surface area (Å²) in [5, 5.41) is 0. The average molecular weight is 549 g/mol. The molecule has 0 aliphatic carbocycles. The number of likely N-dealkylation sites (tertiary alicyclic amines) is 1. The second kappa shape index (κ2) is 11.6. The van der Waals surface area contributed by atoms with Gasteiger partial charge in [-0.05, 0) is 60.9 Å². The maximum atomic E-state index is 13.4. The number of amides is 1. The van der Waals surface area contributed by atoms with Gasteiger partial charge in [-0.25, -0.2) is 0 Å². The molecule has 206 valence electrons. The van der Waals surface area contributed by atoms with Crippen LogP contribution in [-0.4, -0.2) is 35.0 Å². The summed E-state index contributed by atoms with van der Waals surface area (Å²) in [7, 11) is 0. The number of hydrogen-bond donors (Lipinski definition) is 0. The van der Waals surface area contributed by atoms with E-state index in [9.17, 15) is 31.1 Å². The minimum atomic E-state index is -4.95. The Bertz CT molecular complexity index is 1260. The monoisotopic (exact) mass is 548 g/mol. The van der Waals surface area contributed by atoms with Crippen molar-refractivity contribution in [2.75, 3.05) is 13.1 Å². The normalized spacial score (nSPS) is 19.3. The van der Waals surface area contributed by atoms with Crippen molar-refractivity contribution in [1.82, 2.24) is 9.88 Å². The van der Waals surface area contributed by atoms with Gasteiger partial charge in [0.2, 0.25) is 5.91 Å². The molecule has 3 aromatic rings. The zero-order valence-electron chi connectivity index (χ0n) is 20.9. The standard InChI is InChI=1S/C29H26F6N2O2/c1-19(21-15-22(28(30,31)32)17-23(16-21)29(33,34)35)39-26-12-14-37(18-25(26)20-7-3-2-4-8-20)27(38)11-10-24-9-5-6-13-36-24/h2-11,13,15-17,19,25-26H,12,14,18H2,1H3/b11-10+/t19-,25+,26+/m1/s1. The molecule has 1 aliphatic heterocycles. The Morgan fingerprint density at radius 3 is 2.21 bits per heavy atom. The van der Waals surface area contributed by atoms with Crippen molar-refractivity contribution in [3.05, 3.63) is 107 Å². The van der Waals surface area contributed by atoms with E-state index in [2.05, 4.69) is 4.98 Å². The summed E-state index contributed by atoms with van der Waals surface area (Å²) in [4.78, 5) is 18.7. The molecular weight excluding hydrogens is 522 g/mol. The lowest BCUT2D eigenvalue weighted by Crippen LogP contribution is -2.45. The highest BCUT2D eigenvalue weighted by Gasteiger charge is 2.38. The van der Waals surface area contributed by atoms with E-state index < -0.39 is 35.7 Å². The van der Waals surface area contributed by atoms with Crippen molar-refractivity contribution >= 4 is 12.0 Å². The fourth-order valence-corrected chi connectivity index (χ4v) is 4.60. The summed E-state index contributed by atoms with van der Waals surface area (Å²) in [5.74, 6) is -0.580. The smallest absolute Gasteiger partial charge is 0.370 e. The molecule has 0 saturated carbocycles. The van der Waals surface area contributed by atoms with E-state index in [1.165, 1.54) is 13.0 Å². The second-order valence-corrected chi connectivity index (χ2v) is 9.33. The molecule has 4 rings (SSSR count). The van der Waals surface area contributed by atoms with E-state index in [-0.39, 0.29) is 30.0 Å². The Morgan fingerprint density at radius 1 is 0.974 bits per heavy atom. The highest BCUT2D eigenvalue weighted by atomic mass is 19.4. The summed E-state index contributed by atoms with van der Waals surface area (Å²) in [5.41, 5.74) is -1.52. The fraction of sp³-hybridized carbons (Fsp3) is 0.310. The number of hydrogen-bond acceptors (Lipinski definition) is 3. The van der Waals surface area contributed by atoms with Crippen LogP contribution in [0.15, 0.2) is 79.0 Å². The number of rotatable bonds is 6. The highest BCUT2D eigenvalue weighted by molar-refractivity contribution is 5.91. The van der Waals surface area contributed by atoms with Crippen LogP contribution in [-0.2, 0) is 21.9 Å². The first-order valence-corrected chi connectivity index (χ1v) is 12.3. The van der Waals surface area contributed by atoms with E-state index in [0.29, 0.717) is 30.8 Å². The number of halogens is 6. The molecule has 0 N–H and O–H groups in total. The third-order valence-electron chi connectivity index (χ3n) is 6.63. The van der Waals surface area contributed by atoms with Crippen molar-refractivity contribution in [2.24, 2.45) is 0 Å². The lowest BCUT2D eigenvalue weighted by Gasteiger charge is -2.39. The van der Waals surface area contributed by atoms with Crippen LogP contribution in [0.3, 0.4) is 0 Å². The highest BCUT2D eigenvalue weighted by Crippen LogP contribution is 2.39. The summed E-state index contributed by atoms with van der Waals surface area (Å²) >= 11 is 0. The van der Waals surface area contributed by atoms with Crippen LogP contribution in [0.1, 0.15) is 53.3 Å². The molecule has 1 fully saturated rings. The van der Waals surface area contributed by atoms with Gasteiger partial charge in [0, 0.05) is 31.3 Å². The SMILES string of the molecule is C[C@@H](O[C@H]1CCN(C(=O)/C=C/c2ccccn2)C[C@H]1c1ccccc1)c1cc(C(F)(F)F)cc(C(F)(F)F)c1. The zero-order valence-corrected chi connectivity index (χ0v) is 20.9. The lowest BCUT2D eigenvalue weighted by molar-refractivity contribution is -0.143. The van der Waals surface area contributed by atoms with Crippen molar-refractivity contribution in [1.29, 1.82) is 0 Å². The van der Waals surface area contributed by atoms with E-state index in [0.717, 1.165) is 5.56 Å². The number of nitrogens with zero attached hydrogens (tertiary/aromatic N) is 2. The number of aromatic nitrogens is 1. The molecule has 0 bridgehead atoms. The van der Waals surface area contributed by atoms with E-state index in [4.69, 9.17) is 4.74 Å².